The fourth-order valence-corrected chi connectivity index (χ4v) is 1.94. The molecule has 0 fully saturated rings. The molecule has 20 heavy (non-hydrogen) atoms. The topological polar surface area (TPSA) is 73.6 Å². The summed E-state index contributed by atoms with van der Waals surface area (Å²) in [6.07, 6.45) is 4.44. The van der Waals surface area contributed by atoms with Crippen LogP contribution in [-0.2, 0) is 0 Å². The van der Waals surface area contributed by atoms with Crippen molar-refractivity contribution in [2.45, 2.75) is 32.6 Å². The number of nitrogens with one attached hydrogen (secondary N) is 1. The summed E-state index contributed by atoms with van der Waals surface area (Å²) in [6.45, 7) is 2.85. The molecule has 1 aromatic carbocycles. The molecule has 0 spiro atoms. The number of methoxy groups -OCH3 is 2. The van der Waals surface area contributed by atoms with Crippen molar-refractivity contribution < 1.29 is 14.4 Å². The van der Waals surface area contributed by atoms with Crippen LogP contribution in [0.1, 0.15) is 32.6 Å². The highest BCUT2D eigenvalue weighted by Crippen LogP contribution is 2.37. The largest absolute Gasteiger partial charge is 0.493 e. The minimum Gasteiger partial charge on any atom is -0.493 e. The second-order valence-corrected chi connectivity index (χ2v) is 4.47. The molecule has 0 heterocycles. The van der Waals surface area contributed by atoms with Gasteiger partial charge in [-0.25, -0.2) is 0 Å². The number of benzene rings is 1. The first kappa shape index (κ1) is 16.1. The quantitative estimate of drug-likeness (QED) is 0.425. The molecule has 6 nitrogen and oxygen atoms in total. The Morgan fingerprint density at radius 2 is 1.80 bits per heavy atom. The van der Waals surface area contributed by atoms with Gasteiger partial charge in [-0.1, -0.05) is 26.2 Å². The molecule has 0 saturated heterocycles. The summed E-state index contributed by atoms with van der Waals surface area (Å²) in [5.74, 6) is 0.838. The van der Waals surface area contributed by atoms with Gasteiger partial charge in [0, 0.05) is 12.6 Å². The molecule has 112 valence electrons. The van der Waals surface area contributed by atoms with E-state index >= 15 is 0 Å². The van der Waals surface area contributed by atoms with Crippen LogP contribution in [0.5, 0.6) is 11.5 Å². The van der Waals surface area contributed by atoms with Crippen LogP contribution in [0.15, 0.2) is 12.1 Å². The van der Waals surface area contributed by atoms with Crippen LogP contribution in [0.25, 0.3) is 0 Å². The average molecular weight is 282 g/mol. The Morgan fingerprint density at radius 1 is 1.15 bits per heavy atom. The van der Waals surface area contributed by atoms with Gasteiger partial charge in [-0.05, 0) is 6.42 Å². The first-order valence-corrected chi connectivity index (χ1v) is 6.78. The maximum atomic E-state index is 11.1. The minimum absolute atomic E-state index is 0.00172. The van der Waals surface area contributed by atoms with E-state index in [1.165, 1.54) is 26.7 Å². The van der Waals surface area contributed by atoms with Crippen LogP contribution in [0.4, 0.5) is 11.4 Å². The summed E-state index contributed by atoms with van der Waals surface area (Å²) >= 11 is 0. The molecule has 0 bridgehead atoms. The number of nitro groups is 1. The molecular weight excluding hydrogens is 260 g/mol. The van der Waals surface area contributed by atoms with Crippen molar-refractivity contribution in [3.63, 3.8) is 0 Å². The molecule has 6 heteroatoms. The van der Waals surface area contributed by atoms with E-state index in [2.05, 4.69) is 12.2 Å². The maximum absolute atomic E-state index is 11.1. The van der Waals surface area contributed by atoms with Gasteiger partial charge in [0.1, 0.15) is 5.69 Å². The molecule has 0 aliphatic carbocycles. The van der Waals surface area contributed by atoms with Crippen LogP contribution in [-0.4, -0.2) is 25.7 Å². The van der Waals surface area contributed by atoms with Crippen LogP contribution < -0.4 is 14.8 Å². The summed E-state index contributed by atoms with van der Waals surface area (Å²) in [7, 11) is 2.97. The highest BCUT2D eigenvalue weighted by atomic mass is 16.6. The van der Waals surface area contributed by atoms with E-state index < -0.39 is 4.92 Å². The molecule has 0 amide bonds. The molecule has 0 unspecified atom stereocenters. The van der Waals surface area contributed by atoms with Gasteiger partial charge < -0.3 is 14.8 Å². The fourth-order valence-electron chi connectivity index (χ4n) is 1.94. The van der Waals surface area contributed by atoms with Crippen molar-refractivity contribution in [1.29, 1.82) is 0 Å². The molecule has 0 aliphatic rings. The first-order chi connectivity index (χ1) is 9.63. The van der Waals surface area contributed by atoms with Gasteiger partial charge in [-0.2, -0.15) is 0 Å². The highest BCUT2D eigenvalue weighted by molar-refractivity contribution is 5.68. The number of ether oxygens (including phenoxy) is 2. The molecular formula is C14H22N2O4. The van der Waals surface area contributed by atoms with Crippen molar-refractivity contribution in [3.05, 3.63) is 22.2 Å². The monoisotopic (exact) mass is 282 g/mol. The Balaban J connectivity index is 2.84. The third-order valence-electron chi connectivity index (χ3n) is 3.04. The summed E-state index contributed by atoms with van der Waals surface area (Å²) in [4.78, 5) is 10.7. The van der Waals surface area contributed by atoms with Crippen molar-refractivity contribution in [1.82, 2.24) is 0 Å². The Hall–Kier alpha value is -1.98. The normalized spacial score (nSPS) is 10.2. The number of nitro benzene ring substituents is 1. The van der Waals surface area contributed by atoms with E-state index in [4.69, 9.17) is 9.47 Å². The number of unbranched alkanes of at least 4 members (excludes halogenated alkanes) is 3. The van der Waals surface area contributed by atoms with E-state index in [-0.39, 0.29) is 5.69 Å². The summed E-state index contributed by atoms with van der Waals surface area (Å²) in [5, 5.41) is 14.2. The number of nitrogens with zero attached hydrogens (tertiary/aromatic N) is 1. The van der Waals surface area contributed by atoms with Crippen LogP contribution >= 0.6 is 0 Å². The lowest BCUT2D eigenvalue weighted by Crippen LogP contribution is -2.05. The summed E-state index contributed by atoms with van der Waals surface area (Å²) < 4.78 is 10.3. The Labute approximate surface area is 119 Å². The lowest BCUT2D eigenvalue weighted by atomic mass is 10.2. The average Bonchev–Trinajstić information content (AvgIpc) is 2.46. The zero-order chi connectivity index (χ0) is 15.0. The second-order valence-electron chi connectivity index (χ2n) is 4.47. The number of hydrogen-bond acceptors (Lipinski definition) is 5. The molecule has 1 rings (SSSR count). The Morgan fingerprint density at radius 3 is 2.35 bits per heavy atom. The van der Waals surface area contributed by atoms with Crippen molar-refractivity contribution in [2.24, 2.45) is 0 Å². The van der Waals surface area contributed by atoms with Gasteiger partial charge in [0.25, 0.3) is 5.69 Å². The summed E-state index contributed by atoms with van der Waals surface area (Å²) in [5.41, 5.74) is 0.460. The third kappa shape index (κ3) is 4.29. The van der Waals surface area contributed by atoms with Crippen molar-refractivity contribution >= 4 is 11.4 Å². The van der Waals surface area contributed by atoms with E-state index in [1.54, 1.807) is 6.07 Å². The SMILES string of the molecule is CCCCCCNc1cc(OC)c(OC)cc1[N+](=O)[O-]. The zero-order valence-corrected chi connectivity index (χ0v) is 12.3. The Bertz CT molecular complexity index is 449. The predicted molar refractivity (Wildman–Crippen MR) is 78.8 cm³/mol. The van der Waals surface area contributed by atoms with E-state index in [1.807, 2.05) is 0 Å². The third-order valence-corrected chi connectivity index (χ3v) is 3.04. The second kappa shape index (κ2) is 8.24. The molecule has 0 aromatic heterocycles. The van der Waals surface area contributed by atoms with Crippen LogP contribution in [0.3, 0.4) is 0 Å². The smallest absolute Gasteiger partial charge is 0.296 e. The number of anilines is 1. The fraction of sp³-hybridized carbons (Fsp3) is 0.571. The van der Waals surface area contributed by atoms with E-state index in [0.717, 1.165) is 19.3 Å². The van der Waals surface area contributed by atoms with Gasteiger partial charge in [-0.15, -0.1) is 0 Å². The Kier molecular flexibility index (Phi) is 6.63. The van der Waals surface area contributed by atoms with Crippen LogP contribution in [0, 0.1) is 10.1 Å². The lowest BCUT2D eigenvalue weighted by molar-refractivity contribution is -0.384. The van der Waals surface area contributed by atoms with E-state index in [9.17, 15) is 10.1 Å². The van der Waals surface area contributed by atoms with E-state index in [0.29, 0.717) is 23.7 Å². The van der Waals surface area contributed by atoms with Gasteiger partial charge in [0.2, 0.25) is 0 Å². The molecule has 1 aromatic rings. The minimum atomic E-state index is -0.420. The summed E-state index contributed by atoms with van der Waals surface area (Å²) in [6, 6.07) is 2.99. The molecule has 0 radical (unpaired) electrons. The zero-order valence-electron chi connectivity index (χ0n) is 12.3. The number of hydrogen-bond donors (Lipinski definition) is 1. The number of rotatable bonds is 9. The van der Waals surface area contributed by atoms with Gasteiger partial charge in [0.05, 0.1) is 25.2 Å². The molecule has 0 saturated carbocycles. The molecule has 0 aliphatic heterocycles. The van der Waals surface area contributed by atoms with Gasteiger partial charge in [0.15, 0.2) is 11.5 Å². The molecule has 0 atom stereocenters. The van der Waals surface area contributed by atoms with Gasteiger partial charge >= 0.3 is 0 Å². The molecule has 1 N–H and O–H groups in total. The van der Waals surface area contributed by atoms with Crippen molar-refractivity contribution in [2.75, 3.05) is 26.1 Å². The maximum Gasteiger partial charge on any atom is 0.296 e. The van der Waals surface area contributed by atoms with Crippen molar-refractivity contribution in [3.8, 4) is 11.5 Å². The highest BCUT2D eigenvalue weighted by Gasteiger charge is 2.19. The first-order valence-electron chi connectivity index (χ1n) is 6.78. The lowest BCUT2D eigenvalue weighted by Gasteiger charge is -2.12. The predicted octanol–water partition coefficient (Wildman–Crippen LogP) is 3.60. The standard InChI is InChI=1S/C14H22N2O4/c1-4-5-6-7-8-15-11-9-13(19-2)14(20-3)10-12(11)16(17)18/h9-10,15H,4-8H2,1-3H3. The van der Waals surface area contributed by atoms with Gasteiger partial charge in [-0.3, -0.25) is 10.1 Å². The van der Waals surface area contributed by atoms with Crippen LogP contribution in [0.2, 0.25) is 0 Å².